The number of nitrogens with zero attached hydrogens (tertiary/aromatic N) is 2. The minimum absolute atomic E-state index is 0. The summed E-state index contributed by atoms with van der Waals surface area (Å²) in [7, 11) is 1.66. The summed E-state index contributed by atoms with van der Waals surface area (Å²) in [6.07, 6.45) is -1.79. The van der Waals surface area contributed by atoms with Crippen molar-refractivity contribution in [2.75, 3.05) is 20.1 Å². The van der Waals surface area contributed by atoms with Crippen LogP contribution in [0.3, 0.4) is 0 Å². The van der Waals surface area contributed by atoms with Crippen LogP contribution >= 0.6 is 24.0 Å². The number of aliphatic imine (C=N–C) groups is 1. The molecule has 0 unspecified atom stereocenters. The van der Waals surface area contributed by atoms with Gasteiger partial charge in [0.25, 0.3) is 0 Å². The molecular weight excluding hydrogens is 456 g/mol. The number of hydrogen-bond acceptors (Lipinski definition) is 2. The first-order valence-corrected chi connectivity index (χ1v) is 8.67. The Morgan fingerprint density at radius 2 is 1.96 bits per heavy atom. The molecule has 148 valence electrons. The summed E-state index contributed by atoms with van der Waals surface area (Å²) in [4.78, 5) is 6.60. The molecule has 0 saturated heterocycles. The maximum Gasteiger partial charge on any atom is 0.416 e. The molecule has 0 aromatic heterocycles. The predicted octanol–water partition coefficient (Wildman–Crippen LogP) is 3.86. The highest BCUT2D eigenvalue weighted by molar-refractivity contribution is 14.0. The Kier molecular flexibility index (Phi) is 9.15. The second kappa shape index (κ2) is 10.3. The van der Waals surface area contributed by atoms with Gasteiger partial charge in [0.2, 0.25) is 0 Å². The molecule has 1 aliphatic carbocycles. The van der Waals surface area contributed by atoms with Crippen LogP contribution in [0.1, 0.15) is 37.8 Å². The van der Waals surface area contributed by atoms with Crippen molar-refractivity contribution >= 4 is 29.9 Å². The van der Waals surface area contributed by atoms with Gasteiger partial charge in [-0.05, 0) is 44.4 Å². The van der Waals surface area contributed by atoms with E-state index in [0.29, 0.717) is 30.2 Å². The third-order valence-corrected chi connectivity index (χ3v) is 4.28. The molecule has 2 N–H and O–H groups in total. The van der Waals surface area contributed by atoms with E-state index in [1.807, 2.05) is 0 Å². The van der Waals surface area contributed by atoms with E-state index in [-0.39, 0.29) is 24.0 Å². The fraction of sp³-hybridized carbons (Fsp3) is 0.611. The van der Waals surface area contributed by atoms with Gasteiger partial charge >= 0.3 is 6.18 Å². The number of guanidine groups is 1. The molecule has 0 aliphatic heterocycles. The van der Waals surface area contributed by atoms with E-state index in [0.717, 1.165) is 25.2 Å². The van der Waals surface area contributed by atoms with Crippen LogP contribution in [0.5, 0.6) is 0 Å². The molecule has 0 spiro atoms. The van der Waals surface area contributed by atoms with Crippen LogP contribution < -0.4 is 10.6 Å². The highest BCUT2D eigenvalue weighted by Gasteiger charge is 2.31. The standard InChI is InChI=1S/C18H27F3N4.HI/c1-13(2)25(16-7-8-16)10-9-23-17(22-3)24-12-14-5-4-6-15(11-14)18(19,20)21;/h4-6,11,13,16H,7-10,12H2,1-3H3,(H2,22,23,24);1H. The molecule has 4 nitrogen and oxygen atoms in total. The largest absolute Gasteiger partial charge is 0.416 e. The Hall–Kier alpha value is -1.03. The Balaban J connectivity index is 0.00000338. The molecule has 1 fully saturated rings. The molecule has 1 aromatic rings. The molecule has 0 heterocycles. The van der Waals surface area contributed by atoms with Gasteiger partial charge in [-0.2, -0.15) is 13.2 Å². The topological polar surface area (TPSA) is 39.7 Å². The first-order chi connectivity index (χ1) is 11.8. The van der Waals surface area contributed by atoms with Gasteiger partial charge in [0, 0.05) is 38.8 Å². The summed E-state index contributed by atoms with van der Waals surface area (Å²) >= 11 is 0. The van der Waals surface area contributed by atoms with E-state index in [1.165, 1.54) is 18.9 Å². The van der Waals surface area contributed by atoms with E-state index in [4.69, 9.17) is 0 Å². The van der Waals surface area contributed by atoms with Crippen LogP contribution in [0.4, 0.5) is 13.2 Å². The maximum atomic E-state index is 12.7. The van der Waals surface area contributed by atoms with Crippen molar-refractivity contribution in [3.8, 4) is 0 Å². The van der Waals surface area contributed by atoms with Crippen molar-refractivity contribution in [2.45, 2.75) is 51.5 Å². The average Bonchev–Trinajstić information content (AvgIpc) is 3.38. The molecular formula is C18H28F3IN4. The van der Waals surface area contributed by atoms with Crippen molar-refractivity contribution in [2.24, 2.45) is 4.99 Å². The van der Waals surface area contributed by atoms with Crippen molar-refractivity contribution in [3.05, 3.63) is 35.4 Å². The summed E-state index contributed by atoms with van der Waals surface area (Å²) < 4.78 is 38.2. The SMILES string of the molecule is CN=C(NCCN(C(C)C)C1CC1)NCc1cccc(C(F)(F)F)c1.I. The van der Waals surface area contributed by atoms with E-state index in [1.54, 1.807) is 13.1 Å². The molecule has 1 saturated carbocycles. The molecule has 1 aliphatic rings. The van der Waals surface area contributed by atoms with Crippen LogP contribution in [0.2, 0.25) is 0 Å². The molecule has 1 aromatic carbocycles. The lowest BCUT2D eigenvalue weighted by Crippen LogP contribution is -2.43. The minimum Gasteiger partial charge on any atom is -0.355 e. The van der Waals surface area contributed by atoms with E-state index in [2.05, 4.69) is 34.4 Å². The summed E-state index contributed by atoms with van der Waals surface area (Å²) in [5.74, 6) is 0.594. The molecule has 0 bridgehead atoms. The molecule has 0 amide bonds. The van der Waals surface area contributed by atoms with Gasteiger partial charge in [0.15, 0.2) is 5.96 Å². The highest BCUT2D eigenvalue weighted by Crippen LogP contribution is 2.29. The lowest BCUT2D eigenvalue weighted by atomic mass is 10.1. The lowest BCUT2D eigenvalue weighted by Gasteiger charge is -2.26. The number of rotatable bonds is 7. The van der Waals surface area contributed by atoms with Crippen LogP contribution in [-0.2, 0) is 12.7 Å². The van der Waals surface area contributed by atoms with Crippen LogP contribution in [0.25, 0.3) is 0 Å². The molecule has 0 radical (unpaired) electrons. The zero-order valence-corrected chi connectivity index (χ0v) is 17.8. The van der Waals surface area contributed by atoms with E-state index < -0.39 is 11.7 Å². The van der Waals surface area contributed by atoms with Crippen molar-refractivity contribution in [3.63, 3.8) is 0 Å². The zero-order valence-electron chi connectivity index (χ0n) is 15.4. The van der Waals surface area contributed by atoms with Gasteiger partial charge in [-0.1, -0.05) is 12.1 Å². The predicted molar refractivity (Wildman–Crippen MR) is 110 cm³/mol. The van der Waals surface area contributed by atoms with Crippen molar-refractivity contribution in [1.29, 1.82) is 0 Å². The molecule has 26 heavy (non-hydrogen) atoms. The summed E-state index contributed by atoms with van der Waals surface area (Å²) in [5, 5.41) is 6.29. The van der Waals surface area contributed by atoms with Gasteiger partial charge in [-0.15, -0.1) is 24.0 Å². The van der Waals surface area contributed by atoms with Gasteiger partial charge < -0.3 is 10.6 Å². The summed E-state index contributed by atoms with van der Waals surface area (Å²) in [6, 6.07) is 6.54. The number of hydrogen-bond donors (Lipinski definition) is 2. The maximum absolute atomic E-state index is 12.7. The normalized spacial score (nSPS) is 15.2. The molecule has 2 rings (SSSR count). The highest BCUT2D eigenvalue weighted by atomic mass is 127. The van der Waals surface area contributed by atoms with Crippen LogP contribution in [-0.4, -0.2) is 43.1 Å². The van der Waals surface area contributed by atoms with Crippen molar-refractivity contribution < 1.29 is 13.2 Å². The Bertz CT molecular complexity index is 584. The third-order valence-electron chi connectivity index (χ3n) is 4.28. The van der Waals surface area contributed by atoms with Gasteiger partial charge in [0.05, 0.1) is 5.56 Å². The van der Waals surface area contributed by atoms with E-state index in [9.17, 15) is 13.2 Å². The molecule has 8 heteroatoms. The Labute approximate surface area is 170 Å². The Morgan fingerprint density at radius 1 is 1.27 bits per heavy atom. The second-order valence-electron chi connectivity index (χ2n) is 6.61. The minimum atomic E-state index is -4.32. The third kappa shape index (κ3) is 7.30. The monoisotopic (exact) mass is 484 g/mol. The number of benzene rings is 1. The van der Waals surface area contributed by atoms with Gasteiger partial charge in [0.1, 0.15) is 0 Å². The quantitative estimate of drug-likeness (QED) is 0.351. The smallest absolute Gasteiger partial charge is 0.355 e. The second-order valence-corrected chi connectivity index (χ2v) is 6.61. The van der Waals surface area contributed by atoms with Crippen molar-refractivity contribution in [1.82, 2.24) is 15.5 Å². The van der Waals surface area contributed by atoms with Gasteiger partial charge in [-0.3, -0.25) is 9.89 Å². The summed E-state index contributed by atoms with van der Waals surface area (Å²) in [6.45, 7) is 6.35. The van der Waals surface area contributed by atoms with Gasteiger partial charge in [-0.25, -0.2) is 0 Å². The fourth-order valence-corrected chi connectivity index (χ4v) is 2.84. The van der Waals surface area contributed by atoms with Crippen LogP contribution in [0.15, 0.2) is 29.3 Å². The molecule has 0 atom stereocenters. The number of nitrogens with one attached hydrogen (secondary N) is 2. The summed E-state index contributed by atoms with van der Waals surface area (Å²) in [5.41, 5.74) is -0.0636. The number of halogens is 4. The first kappa shape index (κ1) is 23.0. The Morgan fingerprint density at radius 3 is 2.50 bits per heavy atom. The average molecular weight is 484 g/mol. The number of alkyl halides is 3. The first-order valence-electron chi connectivity index (χ1n) is 8.67. The van der Waals surface area contributed by atoms with E-state index >= 15 is 0 Å². The zero-order chi connectivity index (χ0) is 18.4. The van der Waals surface area contributed by atoms with Crippen LogP contribution in [0, 0.1) is 0 Å². The fourth-order valence-electron chi connectivity index (χ4n) is 2.84. The lowest BCUT2D eigenvalue weighted by molar-refractivity contribution is -0.137.